The monoisotopic (exact) mass is 282 g/mol. The second kappa shape index (κ2) is 6.12. The van der Waals surface area contributed by atoms with Gasteiger partial charge in [-0.3, -0.25) is 0 Å². The Bertz CT molecular complexity index is 624. The molecule has 0 fully saturated rings. The summed E-state index contributed by atoms with van der Waals surface area (Å²) in [6, 6.07) is 8.23. The highest BCUT2D eigenvalue weighted by Crippen LogP contribution is 2.30. The van der Waals surface area contributed by atoms with Crippen molar-refractivity contribution in [2.45, 2.75) is 26.7 Å². The van der Waals surface area contributed by atoms with Gasteiger partial charge in [-0.05, 0) is 30.5 Å². The third-order valence-corrected chi connectivity index (χ3v) is 4.08. The van der Waals surface area contributed by atoms with E-state index in [4.69, 9.17) is 4.98 Å². The van der Waals surface area contributed by atoms with Crippen molar-refractivity contribution in [1.29, 1.82) is 0 Å². The molecule has 1 unspecified atom stereocenters. The zero-order valence-electron chi connectivity index (χ0n) is 12.7. The van der Waals surface area contributed by atoms with Gasteiger partial charge in [0.05, 0.1) is 5.69 Å². The number of nitrogens with zero attached hydrogens (tertiary/aromatic N) is 2. The number of nitrogens with one attached hydrogen (secondary N) is 2. The van der Waals surface area contributed by atoms with Crippen molar-refractivity contribution in [1.82, 2.24) is 9.97 Å². The van der Waals surface area contributed by atoms with Crippen LogP contribution in [0.1, 0.15) is 25.8 Å². The molecule has 2 aromatic heterocycles. The lowest BCUT2D eigenvalue weighted by atomic mass is 10.0. The summed E-state index contributed by atoms with van der Waals surface area (Å²) in [6.07, 6.45) is 4.05. The van der Waals surface area contributed by atoms with E-state index in [1.165, 1.54) is 17.5 Å². The molecule has 3 rings (SSSR count). The van der Waals surface area contributed by atoms with Crippen LogP contribution in [-0.2, 0) is 6.42 Å². The molecule has 4 nitrogen and oxygen atoms in total. The maximum atomic E-state index is 4.76. The second-order valence-corrected chi connectivity index (χ2v) is 5.66. The van der Waals surface area contributed by atoms with Gasteiger partial charge in [0.25, 0.3) is 0 Å². The molecule has 0 aromatic carbocycles. The molecule has 0 spiro atoms. The molecule has 0 saturated carbocycles. The maximum absolute atomic E-state index is 4.76. The van der Waals surface area contributed by atoms with Crippen LogP contribution >= 0.6 is 0 Å². The summed E-state index contributed by atoms with van der Waals surface area (Å²) in [6.45, 7) is 6.38. The number of rotatable bonds is 5. The summed E-state index contributed by atoms with van der Waals surface area (Å²) >= 11 is 0. The topological polar surface area (TPSA) is 49.8 Å². The van der Waals surface area contributed by atoms with Crippen LogP contribution in [0.4, 0.5) is 11.6 Å². The normalized spacial score (nSPS) is 14.4. The average Bonchev–Trinajstić information content (AvgIpc) is 3.01. The first-order valence-electron chi connectivity index (χ1n) is 7.71. The van der Waals surface area contributed by atoms with E-state index in [0.29, 0.717) is 5.92 Å². The lowest BCUT2D eigenvalue weighted by Crippen LogP contribution is -2.11. The van der Waals surface area contributed by atoms with Crippen LogP contribution in [0.25, 0.3) is 11.3 Å². The molecule has 3 heterocycles. The fourth-order valence-electron chi connectivity index (χ4n) is 2.55. The summed E-state index contributed by atoms with van der Waals surface area (Å²) in [4.78, 5) is 9.14. The number of hydrogen-bond donors (Lipinski definition) is 2. The number of pyridine rings is 2. The molecule has 21 heavy (non-hydrogen) atoms. The van der Waals surface area contributed by atoms with E-state index in [2.05, 4.69) is 47.7 Å². The van der Waals surface area contributed by atoms with Crippen molar-refractivity contribution in [3.05, 3.63) is 36.0 Å². The minimum absolute atomic E-state index is 0.657. The third-order valence-electron chi connectivity index (χ3n) is 4.08. The zero-order chi connectivity index (χ0) is 14.7. The standard InChI is InChI=1S/C17H22N4/c1-3-12(2)11-20-16-6-4-5-15(21-16)13-7-9-18-17-14(13)8-10-19-17/h4-7,9,12H,3,8,10-11H2,1-2H3,(H,18,19)(H,20,21). The summed E-state index contributed by atoms with van der Waals surface area (Å²) in [5.41, 5.74) is 3.49. The zero-order valence-corrected chi connectivity index (χ0v) is 12.7. The Labute approximate surface area is 126 Å². The highest BCUT2D eigenvalue weighted by Gasteiger charge is 2.17. The second-order valence-electron chi connectivity index (χ2n) is 5.66. The first-order chi connectivity index (χ1) is 10.3. The van der Waals surface area contributed by atoms with Crippen LogP contribution in [0.15, 0.2) is 30.5 Å². The van der Waals surface area contributed by atoms with E-state index in [1.54, 1.807) is 0 Å². The van der Waals surface area contributed by atoms with E-state index >= 15 is 0 Å². The van der Waals surface area contributed by atoms with Crippen LogP contribution < -0.4 is 10.6 Å². The first kappa shape index (κ1) is 13.9. The lowest BCUT2D eigenvalue weighted by molar-refractivity contribution is 0.592. The van der Waals surface area contributed by atoms with Crippen LogP contribution in [-0.4, -0.2) is 23.1 Å². The smallest absolute Gasteiger partial charge is 0.129 e. The van der Waals surface area contributed by atoms with Gasteiger partial charge < -0.3 is 10.6 Å². The molecule has 1 aliphatic rings. The van der Waals surface area contributed by atoms with Gasteiger partial charge in [-0.25, -0.2) is 9.97 Å². The Hall–Kier alpha value is -2.10. The van der Waals surface area contributed by atoms with Gasteiger partial charge in [0.2, 0.25) is 0 Å². The molecule has 4 heteroatoms. The minimum Gasteiger partial charge on any atom is -0.370 e. The van der Waals surface area contributed by atoms with Crippen LogP contribution in [0.3, 0.4) is 0 Å². The van der Waals surface area contributed by atoms with Gasteiger partial charge in [-0.1, -0.05) is 26.3 Å². The lowest BCUT2D eigenvalue weighted by Gasteiger charge is -2.12. The van der Waals surface area contributed by atoms with Gasteiger partial charge in [0.15, 0.2) is 0 Å². The number of anilines is 2. The first-order valence-corrected chi connectivity index (χ1v) is 7.71. The Morgan fingerprint density at radius 2 is 2.24 bits per heavy atom. The predicted octanol–water partition coefficient (Wildman–Crippen LogP) is 3.57. The van der Waals surface area contributed by atoms with Crippen LogP contribution in [0.5, 0.6) is 0 Å². The maximum Gasteiger partial charge on any atom is 0.129 e. The van der Waals surface area contributed by atoms with E-state index in [1.807, 2.05) is 12.3 Å². The number of hydrogen-bond acceptors (Lipinski definition) is 4. The van der Waals surface area contributed by atoms with Crippen molar-refractivity contribution < 1.29 is 0 Å². The molecule has 0 saturated heterocycles. The molecule has 1 atom stereocenters. The Balaban J connectivity index is 1.85. The summed E-state index contributed by atoms with van der Waals surface area (Å²) < 4.78 is 0. The molecule has 0 bridgehead atoms. The summed E-state index contributed by atoms with van der Waals surface area (Å²) in [5.74, 6) is 2.61. The minimum atomic E-state index is 0.657. The van der Waals surface area contributed by atoms with Gasteiger partial charge >= 0.3 is 0 Å². The highest BCUT2D eigenvalue weighted by atomic mass is 15.0. The van der Waals surface area contributed by atoms with E-state index in [0.717, 1.165) is 36.8 Å². The quantitative estimate of drug-likeness (QED) is 0.880. The number of aromatic nitrogens is 2. The van der Waals surface area contributed by atoms with Crippen LogP contribution in [0.2, 0.25) is 0 Å². The average molecular weight is 282 g/mol. The Morgan fingerprint density at radius 3 is 3.10 bits per heavy atom. The van der Waals surface area contributed by atoms with E-state index < -0.39 is 0 Å². The molecule has 0 amide bonds. The fraction of sp³-hybridized carbons (Fsp3) is 0.412. The van der Waals surface area contributed by atoms with Gasteiger partial charge in [0, 0.05) is 30.4 Å². The molecular weight excluding hydrogens is 260 g/mol. The van der Waals surface area contributed by atoms with Crippen molar-refractivity contribution in [3.63, 3.8) is 0 Å². The van der Waals surface area contributed by atoms with E-state index in [9.17, 15) is 0 Å². The van der Waals surface area contributed by atoms with E-state index in [-0.39, 0.29) is 0 Å². The third kappa shape index (κ3) is 2.99. The fourth-order valence-corrected chi connectivity index (χ4v) is 2.55. The molecule has 0 radical (unpaired) electrons. The summed E-state index contributed by atoms with van der Waals surface area (Å²) in [5, 5.41) is 6.75. The molecule has 2 aromatic rings. The largest absolute Gasteiger partial charge is 0.370 e. The van der Waals surface area contributed by atoms with Crippen molar-refractivity contribution in [3.8, 4) is 11.3 Å². The van der Waals surface area contributed by atoms with Crippen molar-refractivity contribution >= 4 is 11.6 Å². The molecule has 2 N–H and O–H groups in total. The Kier molecular flexibility index (Phi) is 4.04. The van der Waals surface area contributed by atoms with Crippen LogP contribution in [0, 0.1) is 5.92 Å². The van der Waals surface area contributed by atoms with Crippen molar-refractivity contribution in [2.75, 3.05) is 23.7 Å². The Morgan fingerprint density at radius 1 is 1.33 bits per heavy atom. The number of fused-ring (bicyclic) bond motifs is 1. The van der Waals surface area contributed by atoms with Gasteiger partial charge in [-0.2, -0.15) is 0 Å². The van der Waals surface area contributed by atoms with Gasteiger partial charge in [-0.15, -0.1) is 0 Å². The summed E-state index contributed by atoms with van der Waals surface area (Å²) in [7, 11) is 0. The SMILES string of the molecule is CCC(C)CNc1cccc(-c2ccnc3c2CCN3)n1. The molecule has 0 aliphatic carbocycles. The highest BCUT2D eigenvalue weighted by molar-refractivity contribution is 5.72. The molecule has 110 valence electrons. The molecule has 1 aliphatic heterocycles. The van der Waals surface area contributed by atoms with Gasteiger partial charge in [0.1, 0.15) is 11.6 Å². The molecular formula is C17H22N4. The predicted molar refractivity (Wildman–Crippen MR) is 87.6 cm³/mol. The van der Waals surface area contributed by atoms with Crippen molar-refractivity contribution in [2.24, 2.45) is 5.92 Å².